The van der Waals surface area contributed by atoms with Gasteiger partial charge in [0.05, 0.1) is 25.7 Å². The van der Waals surface area contributed by atoms with Crippen LogP contribution in [-0.2, 0) is 4.79 Å². The molecule has 0 radical (unpaired) electrons. The van der Waals surface area contributed by atoms with Crippen LogP contribution in [-0.4, -0.2) is 48.9 Å². The summed E-state index contributed by atoms with van der Waals surface area (Å²) in [6.45, 7) is 2.05. The predicted octanol–water partition coefficient (Wildman–Crippen LogP) is 3.21. The molecule has 1 fully saturated rings. The first-order chi connectivity index (χ1) is 13.2. The molecule has 8 heteroatoms. The zero-order chi connectivity index (χ0) is 19.1. The number of hydrogen-bond donors (Lipinski definition) is 1. The molecule has 3 rings (SSSR count). The highest BCUT2D eigenvalue weighted by Crippen LogP contribution is 2.29. The number of amides is 1. The quantitative estimate of drug-likeness (QED) is 0.576. The molecule has 1 aliphatic heterocycles. The molecule has 1 N–H and O–H groups in total. The number of ether oxygens (including phenoxy) is 2. The van der Waals surface area contributed by atoms with Gasteiger partial charge >= 0.3 is 0 Å². The van der Waals surface area contributed by atoms with E-state index in [-0.39, 0.29) is 11.7 Å². The minimum atomic E-state index is -0.154. The number of carbonyl (C=O) groups excluding carboxylic acids is 1. The Bertz CT molecular complexity index is 781. The van der Waals surface area contributed by atoms with E-state index in [1.54, 1.807) is 38.6 Å². The van der Waals surface area contributed by atoms with E-state index in [0.717, 1.165) is 18.9 Å². The summed E-state index contributed by atoms with van der Waals surface area (Å²) in [6, 6.07) is 7.20. The number of benzene rings is 1. The van der Waals surface area contributed by atoms with Crippen LogP contribution in [0.1, 0.15) is 19.3 Å². The maximum absolute atomic E-state index is 12.3. The molecule has 144 valence electrons. The number of carbonyl (C=O) groups is 1. The maximum Gasteiger partial charge on any atom is 0.234 e. The highest BCUT2D eigenvalue weighted by atomic mass is 32.2. The van der Waals surface area contributed by atoms with Crippen LogP contribution in [0.2, 0.25) is 0 Å². The molecule has 2 aromatic rings. The van der Waals surface area contributed by atoms with Crippen molar-refractivity contribution in [2.24, 2.45) is 0 Å². The second-order valence-electron chi connectivity index (χ2n) is 6.15. The molecular formula is C19H24N4O3S. The van der Waals surface area contributed by atoms with E-state index in [1.807, 2.05) is 6.07 Å². The summed E-state index contributed by atoms with van der Waals surface area (Å²) in [6.07, 6.45) is 5.41. The number of hydrogen-bond acceptors (Lipinski definition) is 7. The summed E-state index contributed by atoms with van der Waals surface area (Å²) in [7, 11) is 3.14. The van der Waals surface area contributed by atoms with Gasteiger partial charge in [0.2, 0.25) is 5.91 Å². The van der Waals surface area contributed by atoms with Gasteiger partial charge in [0.25, 0.3) is 0 Å². The third-order valence-corrected chi connectivity index (χ3v) is 5.17. The second-order valence-corrected chi connectivity index (χ2v) is 7.09. The Kier molecular flexibility index (Phi) is 6.75. The zero-order valence-corrected chi connectivity index (χ0v) is 16.4. The van der Waals surface area contributed by atoms with Gasteiger partial charge in [0.15, 0.2) is 5.16 Å². The zero-order valence-electron chi connectivity index (χ0n) is 15.6. The Labute approximate surface area is 163 Å². The Morgan fingerprint density at radius 1 is 1.19 bits per heavy atom. The fourth-order valence-electron chi connectivity index (χ4n) is 2.93. The van der Waals surface area contributed by atoms with E-state index in [1.165, 1.54) is 31.0 Å². The van der Waals surface area contributed by atoms with Crippen molar-refractivity contribution >= 4 is 29.2 Å². The SMILES string of the molecule is COc1ccc(OC)c(NC(=O)CSc2nccc(N3CCCCC3)n2)c1. The van der Waals surface area contributed by atoms with Gasteiger partial charge in [-0.25, -0.2) is 9.97 Å². The molecule has 1 saturated heterocycles. The van der Waals surface area contributed by atoms with Crippen molar-refractivity contribution in [2.75, 3.05) is 43.3 Å². The number of anilines is 2. The number of rotatable bonds is 7. The lowest BCUT2D eigenvalue weighted by Crippen LogP contribution is -2.30. The highest BCUT2D eigenvalue weighted by Gasteiger charge is 2.14. The first-order valence-electron chi connectivity index (χ1n) is 8.92. The topological polar surface area (TPSA) is 76.6 Å². The van der Waals surface area contributed by atoms with E-state index < -0.39 is 0 Å². The third kappa shape index (κ3) is 5.26. The second kappa shape index (κ2) is 9.45. The fourth-order valence-corrected chi connectivity index (χ4v) is 3.55. The van der Waals surface area contributed by atoms with Gasteiger partial charge in [-0.2, -0.15) is 0 Å². The molecule has 0 spiro atoms. The van der Waals surface area contributed by atoms with E-state index in [2.05, 4.69) is 20.2 Å². The lowest BCUT2D eigenvalue weighted by molar-refractivity contribution is -0.113. The predicted molar refractivity (Wildman–Crippen MR) is 107 cm³/mol. The van der Waals surface area contributed by atoms with Gasteiger partial charge < -0.3 is 19.7 Å². The largest absolute Gasteiger partial charge is 0.497 e. The standard InChI is InChI=1S/C19H24N4O3S/c1-25-14-6-7-16(26-2)15(12-14)21-18(24)13-27-19-20-9-8-17(22-19)23-10-4-3-5-11-23/h6-9,12H,3-5,10-11,13H2,1-2H3,(H,21,24). The number of methoxy groups -OCH3 is 2. The Hall–Kier alpha value is -2.48. The summed E-state index contributed by atoms with van der Waals surface area (Å²) in [5.41, 5.74) is 0.574. The fraction of sp³-hybridized carbons (Fsp3) is 0.421. The lowest BCUT2D eigenvalue weighted by atomic mass is 10.1. The van der Waals surface area contributed by atoms with Gasteiger partial charge in [0.1, 0.15) is 17.3 Å². The molecule has 0 unspecified atom stereocenters. The van der Waals surface area contributed by atoms with Crippen LogP contribution < -0.4 is 19.7 Å². The lowest BCUT2D eigenvalue weighted by Gasteiger charge is -2.27. The summed E-state index contributed by atoms with van der Waals surface area (Å²) in [4.78, 5) is 23.5. The molecule has 1 aromatic carbocycles. The molecule has 2 heterocycles. The molecule has 7 nitrogen and oxygen atoms in total. The summed E-state index contributed by atoms with van der Waals surface area (Å²) in [5, 5.41) is 3.46. The van der Waals surface area contributed by atoms with Crippen LogP contribution in [0, 0.1) is 0 Å². The number of aromatic nitrogens is 2. The third-order valence-electron chi connectivity index (χ3n) is 4.31. The number of thioether (sulfide) groups is 1. The highest BCUT2D eigenvalue weighted by molar-refractivity contribution is 7.99. The number of piperidine rings is 1. The minimum Gasteiger partial charge on any atom is -0.497 e. The van der Waals surface area contributed by atoms with E-state index in [0.29, 0.717) is 22.3 Å². The molecule has 1 amide bonds. The van der Waals surface area contributed by atoms with Gasteiger partial charge in [-0.05, 0) is 37.5 Å². The first kappa shape index (κ1) is 19.3. The van der Waals surface area contributed by atoms with Crippen molar-refractivity contribution in [2.45, 2.75) is 24.4 Å². The normalized spacial score (nSPS) is 13.9. The van der Waals surface area contributed by atoms with Crippen LogP contribution in [0.25, 0.3) is 0 Å². The van der Waals surface area contributed by atoms with Crippen molar-refractivity contribution in [1.82, 2.24) is 9.97 Å². The number of nitrogens with one attached hydrogen (secondary N) is 1. The van der Waals surface area contributed by atoms with E-state index in [9.17, 15) is 4.79 Å². The van der Waals surface area contributed by atoms with Crippen molar-refractivity contribution in [3.05, 3.63) is 30.5 Å². The summed E-state index contributed by atoms with van der Waals surface area (Å²) >= 11 is 1.32. The molecule has 27 heavy (non-hydrogen) atoms. The van der Waals surface area contributed by atoms with Crippen molar-refractivity contribution < 1.29 is 14.3 Å². The van der Waals surface area contributed by atoms with Crippen LogP contribution in [0.4, 0.5) is 11.5 Å². The number of nitrogens with zero attached hydrogens (tertiary/aromatic N) is 3. The van der Waals surface area contributed by atoms with Crippen LogP contribution in [0.5, 0.6) is 11.5 Å². The Morgan fingerprint density at radius 3 is 2.74 bits per heavy atom. The van der Waals surface area contributed by atoms with Gasteiger partial charge in [0, 0.05) is 25.4 Å². The maximum atomic E-state index is 12.3. The van der Waals surface area contributed by atoms with Crippen molar-refractivity contribution in [3.8, 4) is 11.5 Å². The van der Waals surface area contributed by atoms with E-state index >= 15 is 0 Å². The summed E-state index contributed by atoms with van der Waals surface area (Å²) in [5.74, 6) is 2.22. The van der Waals surface area contributed by atoms with Gasteiger partial charge in [-0.15, -0.1) is 0 Å². The summed E-state index contributed by atoms with van der Waals surface area (Å²) < 4.78 is 10.5. The average Bonchev–Trinajstić information content (AvgIpc) is 2.73. The van der Waals surface area contributed by atoms with Crippen LogP contribution >= 0.6 is 11.8 Å². The van der Waals surface area contributed by atoms with Gasteiger partial charge in [-0.1, -0.05) is 11.8 Å². The Morgan fingerprint density at radius 2 is 2.00 bits per heavy atom. The molecule has 0 saturated carbocycles. The average molecular weight is 388 g/mol. The molecule has 1 aromatic heterocycles. The molecule has 0 atom stereocenters. The smallest absolute Gasteiger partial charge is 0.234 e. The Balaban J connectivity index is 1.59. The first-order valence-corrected chi connectivity index (χ1v) is 9.91. The van der Waals surface area contributed by atoms with Crippen molar-refractivity contribution in [1.29, 1.82) is 0 Å². The molecule has 0 aliphatic carbocycles. The minimum absolute atomic E-state index is 0.154. The van der Waals surface area contributed by atoms with Crippen molar-refractivity contribution in [3.63, 3.8) is 0 Å². The van der Waals surface area contributed by atoms with E-state index in [4.69, 9.17) is 9.47 Å². The molecular weight excluding hydrogens is 364 g/mol. The monoisotopic (exact) mass is 388 g/mol. The molecule has 1 aliphatic rings. The van der Waals surface area contributed by atoms with Crippen LogP contribution in [0.3, 0.4) is 0 Å². The molecule has 0 bridgehead atoms. The van der Waals surface area contributed by atoms with Crippen LogP contribution in [0.15, 0.2) is 35.6 Å². The van der Waals surface area contributed by atoms with Gasteiger partial charge in [-0.3, -0.25) is 4.79 Å².